The molecule has 2 unspecified atom stereocenters. The minimum absolute atomic E-state index is 0.395. The second-order valence-electron chi connectivity index (χ2n) is 5.54. The molecule has 1 saturated heterocycles. The molecule has 104 valence electrons. The number of hydrogen-bond donors (Lipinski definition) is 1. The first-order valence-corrected chi connectivity index (χ1v) is 6.71. The lowest BCUT2D eigenvalue weighted by atomic mass is 10.0. The van der Waals surface area contributed by atoms with Gasteiger partial charge in [0.15, 0.2) is 0 Å². The first-order chi connectivity index (χ1) is 8.95. The van der Waals surface area contributed by atoms with Gasteiger partial charge in [-0.05, 0) is 33.0 Å². The SMILES string of the molecule is Cc1cc(C2CCN(C)C2)nc(CC(C)C(=O)O)n1. The number of rotatable bonds is 4. The Bertz CT molecular complexity index is 476. The minimum atomic E-state index is -0.799. The predicted molar refractivity (Wildman–Crippen MR) is 72.1 cm³/mol. The largest absolute Gasteiger partial charge is 0.481 e. The fourth-order valence-corrected chi connectivity index (χ4v) is 2.49. The first kappa shape index (κ1) is 13.9. The van der Waals surface area contributed by atoms with E-state index in [1.54, 1.807) is 6.92 Å². The van der Waals surface area contributed by atoms with Gasteiger partial charge in [0, 0.05) is 30.3 Å². The molecular formula is C14H21N3O2. The van der Waals surface area contributed by atoms with Crippen LogP contribution in [0.2, 0.25) is 0 Å². The minimum Gasteiger partial charge on any atom is -0.481 e. The molecule has 0 amide bonds. The zero-order valence-electron chi connectivity index (χ0n) is 11.8. The number of aryl methyl sites for hydroxylation is 1. The van der Waals surface area contributed by atoms with Gasteiger partial charge in [0.25, 0.3) is 0 Å². The zero-order valence-corrected chi connectivity index (χ0v) is 11.8. The van der Waals surface area contributed by atoms with E-state index in [4.69, 9.17) is 5.11 Å². The molecule has 0 aliphatic carbocycles. The van der Waals surface area contributed by atoms with Crippen LogP contribution in [0.4, 0.5) is 0 Å². The van der Waals surface area contributed by atoms with E-state index in [1.165, 1.54) is 0 Å². The third-order valence-corrected chi connectivity index (χ3v) is 3.64. The van der Waals surface area contributed by atoms with E-state index in [-0.39, 0.29) is 0 Å². The Kier molecular flexibility index (Phi) is 4.14. The maximum absolute atomic E-state index is 10.9. The summed E-state index contributed by atoms with van der Waals surface area (Å²) in [5.41, 5.74) is 1.98. The topological polar surface area (TPSA) is 66.3 Å². The fourth-order valence-electron chi connectivity index (χ4n) is 2.49. The molecule has 1 N–H and O–H groups in total. The monoisotopic (exact) mass is 263 g/mol. The van der Waals surface area contributed by atoms with Crippen molar-refractivity contribution in [2.45, 2.75) is 32.6 Å². The van der Waals surface area contributed by atoms with Crippen LogP contribution in [0.5, 0.6) is 0 Å². The molecule has 0 saturated carbocycles. The molecule has 2 atom stereocenters. The van der Waals surface area contributed by atoms with E-state index >= 15 is 0 Å². The number of nitrogens with zero attached hydrogens (tertiary/aromatic N) is 3. The Hall–Kier alpha value is -1.49. The lowest BCUT2D eigenvalue weighted by Gasteiger charge is -2.13. The number of carboxylic acid groups (broad SMARTS) is 1. The van der Waals surface area contributed by atoms with Crippen molar-refractivity contribution in [1.82, 2.24) is 14.9 Å². The molecule has 0 bridgehead atoms. The Balaban J connectivity index is 2.17. The van der Waals surface area contributed by atoms with Crippen molar-refractivity contribution in [3.05, 3.63) is 23.3 Å². The highest BCUT2D eigenvalue weighted by Crippen LogP contribution is 2.25. The van der Waals surface area contributed by atoms with Crippen LogP contribution in [0.25, 0.3) is 0 Å². The van der Waals surface area contributed by atoms with E-state index in [9.17, 15) is 4.79 Å². The number of likely N-dealkylation sites (tertiary alicyclic amines) is 1. The molecule has 1 aliphatic rings. The summed E-state index contributed by atoms with van der Waals surface area (Å²) in [4.78, 5) is 22.1. The third-order valence-electron chi connectivity index (χ3n) is 3.64. The fraction of sp³-hybridized carbons (Fsp3) is 0.643. The van der Waals surface area contributed by atoms with E-state index in [2.05, 4.69) is 21.9 Å². The molecule has 1 aromatic heterocycles. The lowest BCUT2D eigenvalue weighted by molar-refractivity contribution is -0.141. The average molecular weight is 263 g/mol. The standard InChI is InChI=1S/C14H21N3O2/c1-9(14(18)19)6-13-15-10(2)7-12(16-13)11-4-5-17(3)8-11/h7,9,11H,4-6,8H2,1-3H3,(H,18,19). The van der Waals surface area contributed by atoms with Crippen molar-refractivity contribution in [1.29, 1.82) is 0 Å². The number of hydrogen-bond acceptors (Lipinski definition) is 4. The molecule has 0 spiro atoms. The van der Waals surface area contributed by atoms with Crippen LogP contribution in [0.3, 0.4) is 0 Å². The van der Waals surface area contributed by atoms with E-state index in [0.29, 0.717) is 18.2 Å². The Morgan fingerprint density at radius 2 is 2.32 bits per heavy atom. The van der Waals surface area contributed by atoms with E-state index in [0.717, 1.165) is 30.9 Å². The number of carbonyl (C=O) groups is 1. The van der Waals surface area contributed by atoms with Crippen molar-refractivity contribution in [3.63, 3.8) is 0 Å². The van der Waals surface area contributed by atoms with Crippen LogP contribution < -0.4 is 0 Å². The van der Waals surface area contributed by atoms with Gasteiger partial charge < -0.3 is 10.0 Å². The molecule has 2 heterocycles. The van der Waals surface area contributed by atoms with Gasteiger partial charge in [-0.2, -0.15) is 0 Å². The predicted octanol–water partition coefficient (Wildman–Crippen LogP) is 1.47. The summed E-state index contributed by atoms with van der Waals surface area (Å²) < 4.78 is 0. The zero-order chi connectivity index (χ0) is 14.0. The molecule has 2 rings (SSSR count). The highest BCUT2D eigenvalue weighted by molar-refractivity contribution is 5.69. The number of aromatic nitrogens is 2. The Morgan fingerprint density at radius 1 is 1.58 bits per heavy atom. The van der Waals surface area contributed by atoms with Gasteiger partial charge >= 0.3 is 5.97 Å². The van der Waals surface area contributed by atoms with Gasteiger partial charge in [-0.1, -0.05) is 6.92 Å². The number of aliphatic carboxylic acids is 1. The molecule has 1 aromatic rings. The molecule has 0 radical (unpaired) electrons. The molecule has 19 heavy (non-hydrogen) atoms. The Labute approximate surface area is 113 Å². The van der Waals surface area contributed by atoms with Crippen molar-refractivity contribution in [2.75, 3.05) is 20.1 Å². The molecule has 0 aromatic carbocycles. The summed E-state index contributed by atoms with van der Waals surface area (Å²) >= 11 is 0. The van der Waals surface area contributed by atoms with Gasteiger partial charge in [0.05, 0.1) is 5.92 Å². The summed E-state index contributed by atoms with van der Waals surface area (Å²) in [7, 11) is 2.11. The Morgan fingerprint density at radius 3 is 2.89 bits per heavy atom. The highest BCUT2D eigenvalue weighted by atomic mass is 16.4. The van der Waals surface area contributed by atoms with Crippen LogP contribution in [0.15, 0.2) is 6.07 Å². The highest BCUT2D eigenvalue weighted by Gasteiger charge is 2.23. The van der Waals surface area contributed by atoms with Gasteiger partial charge in [0.2, 0.25) is 0 Å². The van der Waals surface area contributed by atoms with Crippen molar-refractivity contribution >= 4 is 5.97 Å². The van der Waals surface area contributed by atoms with E-state index < -0.39 is 11.9 Å². The molecule has 1 aliphatic heterocycles. The molecule has 5 nitrogen and oxygen atoms in total. The maximum atomic E-state index is 10.9. The normalized spacial score (nSPS) is 21.5. The summed E-state index contributed by atoms with van der Waals surface area (Å²) in [5.74, 6) is -0.141. The first-order valence-electron chi connectivity index (χ1n) is 6.71. The van der Waals surface area contributed by atoms with Gasteiger partial charge in [-0.25, -0.2) is 9.97 Å². The average Bonchev–Trinajstić information content (AvgIpc) is 2.75. The van der Waals surface area contributed by atoms with Crippen molar-refractivity contribution in [2.24, 2.45) is 5.92 Å². The smallest absolute Gasteiger partial charge is 0.306 e. The van der Waals surface area contributed by atoms with Crippen LogP contribution in [-0.4, -0.2) is 46.1 Å². The van der Waals surface area contributed by atoms with Crippen LogP contribution in [-0.2, 0) is 11.2 Å². The summed E-state index contributed by atoms with van der Waals surface area (Å²) in [5, 5.41) is 8.97. The number of likely N-dealkylation sites (N-methyl/N-ethyl adjacent to an activating group) is 1. The summed E-state index contributed by atoms with van der Waals surface area (Å²) in [6.45, 7) is 5.74. The van der Waals surface area contributed by atoms with Crippen molar-refractivity contribution < 1.29 is 9.90 Å². The van der Waals surface area contributed by atoms with E-state index in [1.807, 2.05) is 13.0 Å². The third kappa shape index (κ3) is 3.50. The van der Waals surface area contributed by atoms with Crippen LogP contribution >= 0.6 is 0 Å². The van der Waals surface area contributed by atoms with Crippen LogP contribution in [0.1, 0.15) is 36.5 Å². The molecule has 5 heteroatoms. The molecular weight excluding hydrogens is 242 g/mol. The van der Waals surface area contributed by atoms with Crippen molar-refractivity contribution in [3.8, 4) is 0 Å². The molecule has 1 fully saturated rings. The number of carboxylic acids is 1. The van der Waals surface area contributed by atoms with Gasteiger partial charge in [-0.15, -0.1) is 0 Å². The second kappa shape index (κ2) is 5.65. The van der Waals surface area contributed by atoms with Crippen LogP contribution in [0, 0.1) is 12.8 Å². The summed E-state index contributed by atoms with van der Waals surface area (Å²) in [6.07, 6.45) is 1.51. The summed E-state index contributed by atoms with van der Waals surface area (Å²) in [6, 6.07) is 2.03. The van der Waals surface area contributed by atoms with Gasteiger partial charge in [0.1, 0.15) is 5.82 Å². The quantitative estimate of drug-likeness (QED) is 0.891. The van der Waals surface area contributed by atoms with Gasteiger partial charge in [-0.3, -0.25) is 4.79 Å². The lowest BCUT2D eigenvalue weighted by Crippen LogP contribution is -2.17. The maximum Gasteiger partial charge on any atom is 0.306 e. The second-order valence-corrected chi connectivity index (χ2v) is 5.54.